The van der Waals surface area contributed by atoms with E-state index in [1.807, 2.05) is 24.3 Å². The summed E-state index contributed by atoms with van der Waals surface area (Å²) in [4.78, 5) is 14.0. The van der Waals surface area contributed by atoms with Crippen LogP contribution in [0.15, 0.2) is 60.7 Å². The van der Waals surface area contributed by atoms with Crippen molar-refractivity contribution < 1.29 is 9.53 Å². The maximum absolute atomic E-state index is 14.0. The number of carbonyl (C=O) groups is 1. The summed E-state index contributed by atoms with van der Waals surface area (Å²) in [6.07, 6.45) is 0. The van der Waals surface area contributed by atoms with Crippen molar-refractivity contribution in [2.75, 3.05) is 0 Å². The van der Waals surface area contributed by atoms with Crippen LogP contribution in [-0.4, -0.2) is 15.1 Å². The molecular weight excluding hydrogens is 610 g/mol. The van der Waals surface area contributed by atoms with Crippen LogP contribution in [0, 0.1) is 13.8 Å². The van der Waals surface area contributed by atoms with Crippen LogP contribution < -0.4 is 0 Å². The Kier molecular flexibility index (Phi) is 6.38. The second-order valence-corrected chi connectivity index (χ2v) is 12.2. The van der Waals surface area contributed by atoms with Gasteiger partial charge < -0.3 is 13.9 Å². The van der Waals surface area contributed by atoms with Crippen LogP contribution in [0.25, 0.3) is 32.6 Å². The van der Waals surface area contributed by atoms with Crippen molar-refractivity contribution >= 4 is 85.0 Å². The number of carbonyl (C=O) groups excluding carboxylic acids is 1. The number of cyclic esters (lactones) is 1. The minimum absolute atomic E-state index is 0.0289. The Morgan fingerprint density at radius 2 is 1.26 bits per heavy atom. The molecule has 2 aromatic heterocycles. The van der Waals surface area contributed by atoms with E-state index in [2.05, 4.69) is 73.2 Å². The van der Waals surface area contributed by atoms with Crippen LogP contribution in [0.3, 0.4) is 0 Å². The fraction of sp³-hybridized carbons (Fsp3) is 0.206. The van der Waals surface area contributed by atoms with Crippen molar-refractivity contribution in [3.63, 3.8) is 0 Å². The number of aromatic nitrogens is 2. The van der Waals surface area contributed by atoms with Gasteiger partial charge in [-0.05, 0) is 39.1 Å². The zero-order valence-electron chi connectivity index (χ0n) is 23.4. The highest BCUT2D eigenvalue weighted by molar-refractivity contribution is 6.53. The third kappa shape index (κ3) is 3.35. The molecule has 42 heavy (non-hydrogen) atoms. The van der Waals surface area contributed by atoms with Crippen LogP contribution in [0.5, 0.6) is 0 Å². The normalized spacial score (nSPS) is 16.6. The lowest BCUT2D eigenvalue weighted by Gasteiger charge is -2.32. The topological polar surface area (TPSA) is 36.2 Å². The van der Waals surface area contributed by atoms with E-state index in [1.54, 1.807) is 0 Å². The van der Waals surface area contributed by atoms with Gasteiger partial charge in [0.05, 0.1) is 31.2 Å². The van der Waals surface area contributed by atoms with Crippen LogP contribution in [0.2, 0.25) is 20.1 Å². The molecule has 0 aliphatic carbocycles. The Bertz CT molecular complexity index is 2140. The van der Waals surface area contributed by atoms with Gasteiger partial charge in [0.2, 0.25) is 0 Å². The van der Waals surface area contributed by atoms with Crippen molar-refractivity contribution in [1.29, 1.82) is 0 Å². The molecule has 1 aliphatic rings. The third-order valence-electron chi connectivity index (χ3n) is 8.84. The Morgan fingerprint density at radius 3 is 1.98 bits per heavy atom. The molecule has 0 spiro atoms. The van der Waals surface area contributed by atoms with Crippen molar-refractivity contribution in [2.45, 2.75) is 46.4 Å². The van der Waals surface area contributed by atoms with Gasteiger partial charge in [-0.1, -0.05) is 101 Å². The second-order valence-electron chi connectivity index (χ2n) is 10.7. The number of rotatable bonds is 4. The minimum atomic E-state index is -1.46. The number of ether oxygens (including phenoxy) is 1. The molecule has 0 N–H and O–H groups in total. The molecule has 7 rings (SSSR count). The fourth-order valence-corrected chi connectivity index (χ4v) is 8.30. The summed E-state index contributed by atoms with van der Waals surface area (Å²) in [5.74, 6) is -0.596. The summed E-state index contributed by atoms with van der Waals surface area (Å²) in [6.45, 7) is 9.78. The number of para-hydroxylation sites is 1. The van der Waals surface area contributed by atoms with E-state index in [0.29, 0.717) is 12.1 Å². The number of halogens is 4. The monoisotopic (exact) mass is 634 g/mol. The van der Waals surface area contributed by atoms with E-state index >= 15 is 0 Å². The number of benzene rings is 4. The lowest BCUT2D eigenvalue weighted by atomic mass is 9.77. The van der Waals surface area contributed by atoms with Gasteiger partial charge in [-0.3, -0.25) is 0 Å². The first-order valence-electron chi connectivity index (χ1n) is 13.9. The fourth-order valence-electron chi connectivity index (χ4n) is 7.24. The Morgan fingerprint density at radius 1 is 0.667 bits per heavy atom. The first-order chi connectivity index (χ1) is 20.2. The van der Waals surface area contributed by atoms with E-state index < -0.39 is 11.6 Å². The van der Waals surface area contributed by atoms with E-state index in [-0.39, 0.29) is 25.7 Å². The second kappa shape index (κ2) is 9.68. The molecule has 3 heterocycles. The van der Waals surface area contributed by atoms with E-state index in [0.717, 1.165) is 61.6 Å². The molecule has 4 nitrogen and oxygen atoms in total. The maximum atomic E-state index is 14.0. The maximum Gasteiger partial charge on any atom is 0.341 e. The van der Waals surface area contributed by atoms with Gasteiger partial charge in [-0.15, -0.1) is 0 Å². The summed E-state index contributed by atoms with van der Waals surface area (Å²) in [7, 11) is 0. The molecular formula is C34H26Cl4N2O2. The zero-order valence-corrected chi connectivity index (χ0v) is 26.4. The van der Waals surface area contributed by atoms with Crippen molar-refractivity contribution in [2.24, 2.45) is 0 Å². The number of nitrogens with zero attached hydrogens (tertiary/aromatic N) is 2. The highest BCUT2D eigenvalue weighted by Gasteiger charge is 2.56. The SMILES string of the molecule is CCn1c(C)c(C2(c3c(C)n(CC)c4c3ccc3ccccc34)OC(=O)c3c(Cl)c(Cl)c(Cl)c(Cl)c32)c2ccccc21. The Balaban J connectivity index is 1.78. The van der Waals surface area contributed by atoms with Gasteiger partial charge in [0.15, 0.2) is 5.60 Å². The third-order valence-corrected chi connectivity index (χ3v) is 10.6. The van der Waals surface area contributed by atoms with Gasteiger partial charge in [0.25, 0.3) is 0 Å². The first kappa shape index (κ1) is 27.7. The minimum Gasteiger partial charge on any atom is -0.440 e. The predicted octanol–water partition coefficient (Wildman–Crippen LogP) is 10.5. The molecule has 4 aromatic carbocycles. The molecule has 8 heteroatoms. The lowest BCUT2D eigenvalue weighted by Crippen LogP contribution is -2.32. The van der Waals surface area contributed by atoms with E-state index in [9.17, 15) is 4.79 Å². The largest absolute Gasteiger partial charge is 0.440 e. The molecule has 1 aliphatic heterocycles. The molecule has 1 atom stereocenters. The number of hydrogen-bond donors (Lipinski definition) is 0. The summed E-state index contributed by atoms with van der Waals surface area (Å²) >= 11 is 27.2. The summed E-state index contributed by atoms with van der Waals surface area (Å²) in [5, 5.41) is 4.44. The summed E-state index contributed by atoms with van der Waals surface area (Å²) in [6, 6.07) is 20.7. The molecule has 0 saturated heterocycles. The number of aryl methyl sites for hydroxylation is 2. The zero-order chi connectivity index (χ0) is 29.7. The molecule has 212 valence electrons. The smallest absolute Gasteiger partial charge is 0.341 e. The average Bonchev–Trinajstić information content (AvgIpc) is 3.58. The quantitative estimate of drug-likeness (QED) is 0.110. The number of hydrogen-bond acceptors (Lipinski definition) is 2. The van der Waals surface area contributed by atoms with E-state index in [1.165, 1.54) is 0 Å². The molecule has 1 unspecified atom stereocenters. The molecule has 0 amide bonds. The predicted molar refractivity (Wildman–Crippen MR) is 174 cm³/mol. The van der Waals surface area contributed by atoms with Crippen molar-refractivity contribution in [3.8, 4) is 0 Å². The van der Waals surface area contributed by atoms with Crippen molar-refractivity contribution in [3.05, 3.63) is 114 Å². The number of esters is 1. The molecule has 0 saturated carbocycles. The molecule has 0 radical (unpaired) electrons. The van der Waals surface area contributed by atoms with Crippen LogP contribution in [0.4, 0.5) is 0 Å². The van der Waals surface area contributed by atoms with E-state index in [4.69, 9.17) is 51.1 Å². The number of fused-ring (bicyclic) bond motifs is 5. The summed E-state index contributed by atoms with van der Waals surface area (Å²) < 4.78 is 11.2. The summed E-state index contributed by atoms with van der Waals surface area (Å²) in [5.41, 5.74) is 4.75. The highest BCUT2D eigenvalue weighted by atomic mass is 35.5. The Labute approximate surface area is 263 Å². The molecule has 6 aromatic rings. The van der Waals surface area contributed by atoms with Crippen molar-refractivity contribution in [1.82, 2.24) is 9.13 Å². The van der Waals surface area contributed by atoms with Gasteiger partial charge in [0, 0.05) is 62.8 Å². The van der Waals surface area contributed by atoms with Crippen LogP contribution in [-0.2, 0) is 23.4 Å². The van der Waals surface area contributed by atoms with Gasteiger partial charge in [-0.25, -0.2) is 4.79 Å². The highest BCUT2D eigenvalue weighted by Crippen LogP contribution is 2.59. The van der Waals surface area contributed by atoms with Gasteiger partial charge >= 0.3 is 5.97 Å². The van der Waals surface area contributed by atoms with Gasteiger partial charge in [0.1, 0.15) is 0 Å². The molecule has 0 bridgehead atoms. The molecule has 0 fully saturated rings. The standard InChI is InChI=1S/C34H26Cl4N2O2/c1-5-39-17(3)25(21-13-9-10-14-23(21)39)34(27-24(33(41)42-34)28(35)30(37)31(38)29(27)36)26-18(4)40(6-2)32-20-12-8-7-11-19(20)15-16-22(26)32/h7-16H,5-6H2,1-4H3. The first-order valence-corrected chi connectivity index (χ1v) is 15.4. The Hall–Kier alpha value is -3.15. The average molecular weight is 636 g/mol. The van der Waals surface area contributed by atoms with Gasteiger partial charge in [-0.2, -0.15) is 0 Å². The lowest BCUT2D eigenvalue weighted by molar-refractivity contribution is 0.0256. The van der Waals surface area contributed by atoms with Crippen LogP contribution >= 0.6 is 46.4 Å². The van der Waals surface area contributed by atoms with Crippen LogP contribution in [0.1, 0.15) is 52.3 Å².